The second kappa shape index (κ2) is 6.78. The highest BCUT2D eigenvalue weighted by atomic mass is 35.5. The Bertz CT molecular complexity index is 873. The number of nitrogen functional groups attached to an aromatic ring is 1. The van der Waals surface area contributed by atoms with E-state index in [1.807, 2.05) is 0 Å². The quantitative estimate of drug-likeness (QED) is 0.825. The first-order valence-electron chi connectivity index (χ1n) is 9.20. The zero-order valence-corrected chi connectivity index (χ0v) is 15.7. The highest BCUT2D eigenvalue weighted by Gasteiger charge is 2.37. The van der Waals surface area contributed by atoms with Gasteiger partial charge in [0.2, 0.25) is 0 Å². The lowest BCUT2D eigenvalue weighted by Gasteiger charge is -2.31. The monoisotopic (exact) mass is 388 g/mol. The molecule has 0 radical (unpaired) electrons. The van der Waals surface area contributed by atoms with Crippen molar-refractivity contribution in [1.82, 2.24) is 15.0 Å². The van der Waals surface area contributed by atoms with E-state index in [4.69, 9.17) is 36.8 Å². The maximum atomic E-state index is 6.42. The predicted octanol–water partition coefficient (Wildman–Crippen LogP) is 1.37. The topological polar surface area (TPSA) is 89.6 Å². The number of ether oxygens (including phenoxy) is 2. The number of fused-ring (bicyclic) bond motifs is 3. The Hall–Kier alpha value is -2.16. The molecule has 2 N–H and O–H groups in total. The summed E-state index contributed by atoms with van der Waals surface area (Å²) in [6.45, 7) is 5.31. The summed E-state index contributed by atoms with van der Waals surface area (Å²) in [5.41, 5.74) is 7.63. The van der Waals surface area contributed by atoms with Crippen LogP contribution in [0, 0.1) is 0 Å². The summed E-state index contributed by atoms with van der Waals surface area (Å²) >= 11 is 6.42. The minimum Gasteiger partial charge on any atom is -0.384 e. The molecule has 27 heavy (non-hydrogen) atoms. The van der Waals surface area contributed by atoms with E-state index in [0.717, 1.165) is 44.3 Å². The third-order valence-corrected chi connectivity index (χ3v) is 5.64. The van der Waals surface area contributed by atoms with Crippen LogP contribution in [0.3, 0.4) is 0 Å². The number of nitrogens with zero attached hydrogens (tertiary/aromatic N) is 5. The zero-order chi connectivity index (χ0) is 18.4. The number of morpholine rings is 2. The van der Waals surface area contributed by atoms with E-state index >= 15 is 0 Å². The second-order valence-corrected chi connectivity index (χ2v) is 7.39. The standard InChI is InChI=1S/C18H21ClN6O2/c19-14-8-15(20)21-9-13(14)16-22-17(24-1-4-26-5-2-24)12-7-11-10-27-6-3-25(11)18(12)23-16/h8-9,11H,1-7,10H2,(H2,20,21)/t11-/m0/s1. The summed E-state index contributed by atoms with van der Waals surface area (Å²) in [7, 11) is 0. The Morgan fingerprint density at radius 3 is 2.67 bits per heavy atom. The Morgan fingerprint density at radius 1 is 1.07 bits per heavy atom. The van der Waals surface area contributed by atoms with Gasteiger partial charge in [-0.25, -0.2) is 15.0 Å². The second-order valence-electron chi connectivity index (χ2n) is 6.99. The van der Waals surface area contributed by atoms with Crippen molar-refractivity contribution in [2.75, 3.05) is 61.6 Å². The van der Waals surface area contributed by atoms with Crippen molar-refractivity contribution >= 4 is 29.1 Å². The lowest BCUT2D eigenvalue weighted by Crippen LogP contribution is -2.43. The van der Waals surface area contributed by atoms with Crippen LogP contribution in [0.1, 0.15) is 5.56 Å². The van der Waals surface area contributed by atoms with Gasteiger partial charge >= 0.3 is 0 Å². The molecule has 0 aliphatic carbocycles. The summed E-state index contributed by atoms with van der Waals surface area (Å²) in [5.74, 6) is 2.93. The smallest absolute Gasteiger partial charge is 0.166 e. The molecule has 8 nitrogen and oxygen atoms in total. The molecule has 142 valence electrons. The molecule has 3 aliphatic heterocycles. The molecule has 3 aliphatic rings. The molecule has 2 aromatic heterocycles. The molecule has 9 heteroatoms. The Balaban J connectivity index is 1.64. The lowest BCUT2D eigenvalue weighted by atomic mass is 10.1. The number of aromatic nitrogens is 3. The number of hydrogen-bond donors (Lipinski definition) is 1. The maximum Gasteiger partial charge on any atom is 0.166 e. The highest BCUT2D eigenvalue weighted by molar-refractivity contribution is 6.33. The van der Waals surface area contributed by atoms with Crippen molar-refractivity contribution in [3.05, 3.63) is 22.8 Å². The molecule has 0 saturated carbocycles. The molecular formula is C18H21ClN6O2. The van der Waals surface area contributed by atoms with Crippen LogP contribution in [-0.2, 0) is 15.9 Å². The van der Waals surface area contributed by atoms with Crippen LogP contribution in [-0.4, -0.2) is 67.1 Å². The van der Waals surface area contributed by atoms with Crippen LogP contribution in [0.2, 0.25) is 5.02 Å². The summed E-state index contributed by atoms with van der Waals surface area (Å²) in [6, 6.07) is 1.96. The molecule has 0 unspecified atom stereocenters. The number of rotatable bonds is 2. The minimum atomic E-state index is 0.318. The van der Waals surface area contributed by atoms with E-state index in [1.54, 1.807) is 12.3 Å². The largest absolute Gasteiger partial charge is 0.384 e. The van der Waals surface area contributed by atoms with Gasteiger partial charge in [-0.3, -0.25) is 0 Å². The van der Waals surface area contributed by atoms with Gasteiger partial charge in [-0.15, -0.1) is 0 Å². The first kappa shape index (κ1) is 17.0. The first-order valence-corrected chi connectivity index (χ1v) is 9.58. The molecule has 5 heterocycles. The van der Waals surface area contributed by atoms with Crippen LogP contribution in [0.5, 0.6) is 0 Å². The average Bonchev–Trinajstić information content (AvgIpc) is 3.07. The first-order chi connectivity index (χ1) is 13.2. The average molecular weight is 389 g/mol. The zero-order valence-electron chi connectivity index (χ0n) is 14.9. The summed E-state index contributed by atoms with van der Waals surface area (Å²) in [4.78, 5) is 18.6. The highest BCUT2D eigenvalue weighted by Crippen LogP contribution is 2.40. The summed E-state index contributed by atoms with van der Waals surface area (Å²) < 4.78 is 11.2. The lowest BCUT2D eigenvalue weighted by molar-refractivity contribution is 0.0973. The van der Waals surface area contributed by atoms with Crippen LogP contribution >= 0.6 is 11.6 Å². The van der Waals surface area contributed by atoms with Gasteiger partial charge in [0.05, 0.1) is 43.1 Å². The fourth-order valence-electron chi connectivity index (χ4n) is 3.99. The van der Waals surface area contributed by atoms with Crippen molar-refractivity contribution < 1.29 is 9.47 Å². The van der Waals surface area contributed by atoms with Gasteiger partial charge in [0.15, 0.2) is 5.82 Å². The molecule has 2 aromatic rings. The molecule has 0 aromatic carbocycles. The van der Waals surface area contributed by atoms with Crippen molar-refractivity contribution in [2.45, 2.75) is 12.5 Å². The van der Waals surface area contributed by atoms with Crippen LogP contribution < -0.4 is 15.5 Å². The number of anilines is 3. The van der Waals surface area contributed by atoms with E-state index in [1.165, 1.54) is 5.56 Å². The van der Waals surface area contributed by atoms with Crippen molar-refractivity contribution in [3.8, 4) is 11.4 Å². The number of hydrogen-bond acceptors (Lipinski definition) is 8. The number of halogens is 1. The molecule has 0 amide bonds. The number of pyridine rings is 1. The van der Waals surface area contributed by atoms with Crippen LogP contribution in [0.15, 0.2) is 12.3 Å². The molecular weight excluding hydrogens is 368 g/mol. The molecule has 2 fully saturated rings. The van der Waals surface area contributed by atoms with E-state index in [0.29, 0.717) is 48.1 Å². The summed E-state index contributed by atoms with van der Waals surface area (Å²) in [5, 5.41) is 0.506. The predicted molar refractivity (Wildman–Crippen MR) is 103 cm³/mol. The van der Waals surface area contributed by atoms with E-state index < -0.39 is 0 Å². The minimum absolute atomic E-state index is 0.318. The van der Waals surface area contributed by atoms with Crippen molar-refractivity contribution in [3.63, 3.8) is 0 Å². The van der Waals surface area contributed by atoms with Gasteiger partial charge in [-0.05, 0) is 6.07 Å². The SMILES string of the molecule is Nc1cc(Cl)c(-c2nc(N3CCOCC3)c3c(n2)N2CCOC[C@@H]2C3)cn1. The third-order valence-electron chi connectivity index (χ3n) is 5.33. The van der Waals surface area contributed by atoms with E-state index in [2.05, 4.69) is 14.8 Å². The van der Waals surface area contributed by atoms with E-state index in [-0.39, 0.29) is 0 Å². The van der Waals surface area contributed by atoms with E-state index in [9.17, 15) is 0 Å². The molecule has 2 saturated heterocycles. The van der Waals surface area contributed by atoms with Gasteiger partial charge in [-0.1, -0.05) is 11.6 Å². The van der Waals surface area contributed by atoms with Gasteiger partial charge in [0.1, 0.15) is 17.5 Å². The fourth-order valence-corrected chi connectivity index (χ4v) is 4.23. The normalized spacial score (nSPS) is 21.9. The van der Waals surface area contributed by atoms with Gasteiger partial charge in [0, 0.05) is 37.8 Å². The van der Waals surface area contributed by atoms with Crippen LogP contribution in [0.4, 0.5) is 17.5 Å². The van der Waals surface area contributed by atoms with Gasteiger partial charge in [0.25, 0.3) is 0 Å². The number of nitrogens with two attached hydrogens (primary N) is 1. The Kier molecular flexibility index (Phi) is 4.26. The van der Waals surface area contributed by atoms with Gasteiger partial charge < -0.3 is 25.0 Å². The fraction of sp³-hybridized carbons (Fsp3) is 0.500. The van der Waals surface area contributed by atoms with Crippen molar-refractivity contribution in [1.29, 1.82) is 0 Å². The molecule has 5 rings (SSSR count). The summed E-state index contributed by atoms with van der Waals surface area (Å²) in [6.07, 6.45) is 2.55. The van der Waals surface area contributed by atoms with Crippen molar-refractivity contribution in [2.24, 2.45) is 0 Å². The van der Waals surface area contributed by atoms with Gasteiger partial charge in [-0.2, -0.15) is 0 Å². The molecule has 0 spiro atoms. The Labute approximate surface area is 162 Å². The van der Waals surface area contributed by atoms with Crippen LogP contribution in [0.25, 0.3) is 11.4 Å². The third kappa shape index (κ3) is 2.97. The molecule has 1 atom stereocenters. The maximum absolute atomic E-state index is 6.42. The Morgan fingerprint density at radius 2 is 1.85 bits per heavy atom. The molecule has 0 bridgehead atoms.